The van der Waals surface area contributed by atoms with Crippen LogP contribution < -0.4 is 4.90 Å². The third kappa shape index (κ3) is 4.41. The number of benzene rings is 4. The Morgan fingerprint density at radius 2 is 1.74 bits per heavy atom. The minimum atomic E-state index is 0. The molecule has 34 heavy (non-hydrogen) atoms. The van der Waals surface area contributed by atoms with Gasteiger partial charge in [0.25, 0.3) is 0 Å². The van der Waals surface area contributed by atoms with Crippen LogP contribution in [0.15, 0.2) is 101 Å². The molecule has 2 heterocycles. The van der Waals surface area contributed by atoms with E-state index in [9.17, 15) is 0 Å². The second-order valence-corrected chi connectivity index (χ2v) is 9.16. The van der Waals surface area contributed by atoms with E-state index in [0.29, 0.717) is 0 Å². The third-order valence-corrected chi connectivity index (χ3v) is 6.71. The Morgan fingerprint density at radius 3 is 2.56 bits per heavy atom. The van der Waals surface area contributed by atoms with Crippen LogP contribution in [0.5, 0.6) is 0 Å². The molecule has 0 radical (unpaired) electrons. The van der Waals surface area contributed by atoms with Gasteiger partial charge in [0.1, 0.15) is 0 Å². The van der Waals surface area contributed by atoms with Gasteiger partial charge in [-0.25, -0.2) is 0 Å². The molecule has 168 valence electrons. The quantitative estimate of drug-likeness (QED) is 0.198. The summed E-state index contributed by atoms with van der Waals surface area (Å²) in [6, 6.07) is 37.8. The number of nitrogens with zero attached hydrogens (tertiary/aromatic N) is 3. The molecular formula is C29H21N3PtS. The zero-order valence-electron chi connectivity index (χ0n) is 18.5. The molecule has 1 aromatic heterocycles. The number of para-hydroxylation sites is 1. The van der Waals surface area contributed by atoms with E-state index in [1.807, 2.05) is 43.1 Å². The van der Waals surface area contributed by atoms with Gasteiger partial charge in [0.05, 0.1) is 0 Å². The molecule has 4 aromatic carbocycles. The SMILES string of the molecule is CN1C=CN(c2[c-]c(Sc3[c-]cc4c(c3)c3ccccc3n4Cc3[c-]cccc3)ccc2)[CH-]1.[Pt+4]. The molecule has 0 spiro atoms. The van der Waals surface area contributed by atoms with Gasteiger partial charge < -0.3 is 14.4 Å². The average molecular weight is 639 g/mol. The molecule has 0 amide bonds. The van der Waals surface area contributed by atoms with Crippen molar-refractivity contribution in [1.82, 2.24) is 9.47 Å². The summed E-state index contributed by atoms with van der Waals surface area (Å²) in [4.78, 5) is 6.26. The first-order valence-electron chi connectivity index (χ1n) is 10.9. The van der Waals surface area contributed by atoms with Gasteiger partial charge in [0, 0.05) is 12.1 Å². The van der Waals surface area contributed by atoms with Gasteiger partial charge in [-0.05, 0) is 30.9 Å². The van der Waals surface area contributed by atoms with Crippen LogP contribution in [0, 0.1) is 24.9 Å². The Hall–Kier alpha value is -2.94. The van der Waals surface area contributed by atoms with Crippen molar-refractivity contribution in [3.63, 3.8) is 0 Å². The Morgan fingerprint density at radius 1 is 0.853 bits per heavy atom. The summed E-state index contributed by atoms with van der Waals surface area (Å²) >= 11 is 1.69. The molecule has 6 rings (SSSR count). The molecule has 0 saturated carbocycles. The fraction of sp³-hybridized carbons (Fsp3) is 0.0690. The Bertz CT molecular complexity index is 1480. The van der Waals surface area contributed by atoms with E-state index in [2.05, 4.69) is 94.4 Å². The number of anilines is 1. The van der Waals surface area contributed by atoms with E-state index in [1.54, 1.807) is 11.8 Å². The molecule has 5 heteroatoms. The minimum absolute atomic E-state index is 0. The molecule has 0 N–H and O–H groups in total. The van der Waals surface area contributed by atoms with E-state index in [0.717, 1.165) is 22.0 Å². The monoisotopic (exact) mass is 638 g/mol. The normalized spacial score (nSPS) is 13.1. The number of rotatable bonds is 5. The molecule has 0 fully saturated rings. The van der Waals surface area contributed by atoms with Gasteiger partial charge >= 0.3 is 21.1 Å². The van der Waals surface area contributed by atoms with E-state index in [-0.39, 0.29) is 21.1 Å². The van der Waals surface area contributed by atoms with E-state index in [4.69, 9.17) is 0 Å². The predicted octanol–water partition coefficient (Wildman–Crippen LogP) is 6.73. The van der Waals surface area contributed by atoms with Gasteiger partial charge in [0.15, 0.2) is 0 Å². The van der Waals surface area contributed by atoms with Crippen molar-refractivity contribution >= 4 is 39.3 Å². The van der Waals surface area contributed by atoms with Crippen molar-refractivity contribution in [2.75, 3.05) is 11.9 Å². The molecular weight excluding hydrogens is 617 g/mol. The number of hydrogen-bond acceptors (Lipinski definition) is 3. The smallest absolute Gasteiger partial charge is 0.510 e. The summed E-state index contributed by atoms with van der Waals surface area (Å²) < 4.78 is 2.36. The van der Waals surface area contributed by atoms with Gasteiger partial charge in [-0.1, -0.05) is 23.7 Å². The maximum atomic E-state index is 3.53. The topological polar surface area (TPSA) is 11.4 Å². The first-order chi connectivity index (χ1) is 16.2. The van der Waals surface area contributed by atoms with Crippen molar-refractivity contribution in [2.45, 2.75) is 16.3 Å². The van der Waals surface area contributed by atoms with Crippen molar-refractivity contribution in [3.05, 3.63) is 122 Å². The Labute approximate surface area is 218 Å². The maximum absolute atomic E-state index is 3.53. The van der Waals surface area contributed by atoms with Crippen LogP contribution in [0.1, 0.15) is 5.56 Å². The molecule has 0 unspecified atom stereocenters. The van der Waals surface area contributed by atoms with Crippen LogP contribution in [0.25, 0.3) is 21.8 Å². The maximum Gasteiger partial charge on any atom is 4.00 e. The van der Waals surface area contributed by atoms with E-state index >= 15 is 0 Å². The average Bonchev–Trinajstić information content (AvgIpc) is 3.42. The third-order valence-electron chi connectivity index (χ3n) is 5.80. The number of aromatic nitrogens is 1. The van der Waals surface area contributed by atoms with Crippen molar-refractivity contribution in [3.8, 4) is 0 Å². The zero-order valence-corrected chi connectivity index (χ0v) is 21.6. The largest absolute Gasteiger partial charge is 4.00 e. The van der Waals surface area contributed by atoms with Crippen LogP contribution in [-0.2, 0) is 27.6 Å². The fourth-order valence-electron chi connectivity index (χ4n) is 4.26. The van der Waals surface area contributed by atoms with Gasteiger partial charge in [-0.2, -0.15) is 67.3 Å². The van der Waals surface area contributed by atoms with Gasteiger partial charge in [0.2, 0.25) is 0 Å². The van der Waals surface area contributed by atoms with E-state index in [1.165, 1.54) is 27.4 Å². The van der Waals surface area contributed by atoms with Crippen molar-refractivity contribution < 1.29 is 21.1 Å². The zero-order chi connectivity index (χ0) is 22.2. The van der Waals surface area contributed by atoms with Crippen LogP contribution in [0.3, 0.4) is 0 Å². The second kappa shape index (κ2) is 9.74. The van der Waals surface area contributed by atoms with Crippen LogP contribution in [0.4, 0.5) is 5.69 Å². The van der Waals surface area contributed by atoms with Crippen LogP contribution in [-0.4, -0.2) is 16.5 Å². The van der Waals surface area contributed by atoms with Crippen LogP contribution >= 0.6 is 11.8 Å². The summed E-state index contributed by atoms with van der Waals surface area (Å²) in [5.74, 6) is 0. The summed E-state index contributed by atoms with van der Waals surface area (Å²) in [7, 11) is 2.02. The molecule has 0 bridgehead atoms. The van der Waals surface area contributed by atoms with Crippen LogP contribution in [0.2, 0.25) is 0 Å². The van der Waals surface area contributed by atoms with Gasteiger partial charge in [-0.15, -0.1) is 50.3 Å². The summed E-state index contributed by atoms with van der Waals surface area (Å²) in [5.41, 5.74) is 4.62. The molecule has 3 nitrogen and oxygen atoms in total. The first-order valence-corrected chi connectivity index (χ1v) is 11.7. The molecule has 0 atom stereocenters. The van der Waals surface area contributed by atoms with Gasteiger partial charge in [-0.3, -0.25) is 0 Å². The van der Waals surface area contributed by atoms with E-state index < -0.39 is 0 Å². The molecule has 0 aliphatic carbocycles. The Kier molecular flexibility index (Phi) is 6.54. The second-order valence-electron chi connectivity index (χ2n) is 8.08. The summed E-state index contributed by atoms with van der Waals surface area (Å²) in [6.45, 7) is 2.83. The summed E-state index contributed by atoms with van der Waals surface area (Å²) in [6.07, 6.45) is 4.07. The molecule has 5 aromatic rings. The standard InChI is InChI=1S/C29H21N3S.Pt/c1-30-16-17-31(21-30)23-10-7-11-24(18-23)33-25-14-15-29-27(19-25)26-12-5-6-13-28(26)32(29)20-22-8-3-2-4-9-22;/h2-8,10-13,15-17,19,21H,20H2,1H3;/q-4;+4. The number of fused-ring (bicyclic) bond motifs is 3. The predicted molar refractivity (Wildman–Crippen MR) is 136 cm³/mol. The minimum Gasteiger partial charge on any atom is -0.510 e. The van der Waals surface area contributed by atoms with Crippen molar-refractivity contribution in [1.29, 1.82) is 0 Å². The number of hydrogen-bond donors (Lipinski definition) is 0. The Balaban J connectivity index is 0.00000241. The first kappa shape index (κ1) is 22.8. The molecule has 1 aliphatic rings. The molecule has 1 aliphatic heterocycles. The molecule has 0 saturated heterocycles. The summed E-state index contributed by atoms with van der Waals surface area (Å²) in [5, 5.41) is 2.51. The fourth-order valence-corrected chi connectivity index (χ4v) is 5.09. The van der Waals surface area contributed by atoms with Crippen molar-refractivity contribution in [2.24, 2.45) is 0 Å².